The van der Waals surface area contributed by atoms with Gasteiger partial charge in [0.25, 0.3) is 0 Å². The molecule has 0 unspecified atom stereocenters. The van der Waals surface area contributed by atoms with Crippen LogP contribution in [-0.2, 0) is 0 Å². The largest absolute Gasteiger partial charge is 0.369 e. The first-order valence-electron chi connectivity index (χ1n) is 7.22. The summed E-state index contributed by atoms with van der Waals surface area (Å²) in [7, 11) is 2.19. The first-order chi connectivity index (χ1) is 9.19. The summed E-state index contributed by atoms with van der Waals surface area (Å²) in [5, 5.41) is 6.61. The summed E-state index contributed by atoms with van der Waals surface area (Å²) in [5.74, 6) is 1.63. The van der Waals surface area contributed by atoms with E-state index >= 15 is 0 Å². The van der Waals surface area contributed by atoms with Gasteiger partial charge >= 0.3 is 0 Å². The fourth-order valence-corrected chi connectivity index (χ4v) is 2.03. The lowest BCUT2D eigenvalue weighted by Crippen LogP contribution is -2.27. The van der Waals surface area contributed by atoms with Crippen LogP contribution in [0.5, 0.6) is 0 Å². The minimum Gasteiger partial charge on any atom is -0.369 e. The summed E-state index contributed by atoms with van der Waals surface area (Å²) in [6.45, 7) is 7.03. The molecule has 1 saturated carbocycles. The van der Waals surface area contributed by atoms with Gasteiger partial charge in [-0.2, -0.15) is 4.98 Å². The molecule has 5 nitrogen and oxygen atoms in total. The van der Waals surface area contributed by atoms with Crippen molar-refractivity contribution in [2.45, 2.75) is 39.2 Å². The molecule has 1 heterocycles. The molecule has 0 saturated heterocycles. The van der Waals surface area contributed by atoms with Gasteiger partial charge in [0, 0.05) is 37.4 Å². The quantitative estimate of drug-likeness (QED) is 0.752. The van der Waals surface area contributed by atoms with Crippen molar-refractivity contribution in [3.63, 3.8) is 0 Å². The molecule has 1 aromatic rings. The number of rotatable bonds is 8. The smallest absolute Gasteiger partial charge is 0.224 e. The fourth-order valence-electron chi connectivity index (χ4n) is 2.03. The molecule has 0 aromatic carbocycles. The number of likely N-dealkylation sites (N-methyl/N-ethyl adjacent to an activating group) is 1. The van der Waals surface area contributed by atoms with Crippen LogP contribution in [0.4, 0.5) is 11.8 Å². The Kier molecular flexibility index (Phi) is 4.96. The first-order valence-corrected chi connectivity index (χ1v) is 7.22. The van der Waals surface area contributed by atoms with E-state index in [9.17, 15) is 0 Å². The van der Waals surface area contributed by atoms with Crippen LogP contribution >= 0.6 is 0 Å². The van der Waals surface area contributed by atoms with Crippen LogP contribution in [0.15, 0.2) is 6.07 Å². The molecule has 0 spiro atoms. The molecule has 0 radical (unpaired) electrons. The number of nitrogens with one attached hydrogen (secondary N) is 2. The second-order valence-corrected chi connectivity index (χ2v) is 5.28. The second-order valence-electron chi connectivity index (χ2n) is 5.28. The third-order valence-corrected chi connectivity index (χ3v) is 3.33. The van der Waals surface area contributed by atoms with Gasteiger partial charge in [0.2, 0.25) is 5.95 Å². The average molecular weight is 263 g/mol. The van der Waals surface area contributed by atoms with Crippen LogP contribution in [0.25, 0.3) is 0 Å². The number of hydrogen-bond acceptors (Lipinski definition) is 5. The van der Waals surface area contributed by atoms with Crippen molar-refractivity contribution in [3.8, 4) is 0 Å². The normalized spacial score (nSPS) is 14.7. The van der Waals surface area contributed by atoms with Gasteiger partial charge in [-0.1, -0.05) is 6.92 Å². The van der Waals surface area contributed by atoms with E-state index in [0.29, 0.717) is 0 Å². The van der Waals surface area contributed by atoms with Crippen molar-refractivity contribution >= 4 is 11.8 Å². The maximum absolute atomic E-state index is 4.48. The van der Waals surface area contributed by atoms with Crippen LogP contribution in [-0.4, -0.2) is 47.6 Å². The lowest BCUT2D eigenvalue weighted by atomic mass is 10.4. The van der Waals surface area contributed by atoms with Crippen molar-refractivity contribution in [2.75, 3.05) is 37.3 Å². The molecule has 1 fully saturated rings. The zero-order chi connectivity index (χ0) is 13.7. The van der Waals surface area contributed by atoms with Gasteiger partial charge in [-0.3, -0.25) is 0 Å². The topological polar surface area (TPSA) is 53.1 Å². The summed E-state index contributed by atoms with van der Waals surface area (Å²) in [4.78, 5) is 11.3. The van der Waals surface area contributed by atoms with E-state index in [2.05, 4.69) is 39.5 Å². The van der Waals surface area contributed by atoms with Crippen molar-refractivity contribution in [1.82, 2.24) is 14.9 Å². The van der Waals surface area contributed by atoms with Gasteiger partial charge in [-0.25, -0.2) is 4.98 Å². The van der Waals surface area contributed by atoms with Gasteiger partial charge in [-0.15, -0.1) is 0 Å². The SMILES string of the molecule is CCCNc1nc(C)cc(NCCN(C)C2CC2)n1. The lowest BCUT2D eigenvalue weighted by molar-refractivity contribution is 0.337. The van der Waals surface area contributed by atoms with Gasteiger partial charge < -0.3 is 15.5 Å². The van der Waals surface area contributed by atoms with Gasteiger partial charge in [-0.05, 0) is 33.2 Å². The maximum Gasteiger partial charge on any atom is 0.224 e. The summed E-state index contributed by atoms with van der Waals surface area (Å²) in [6, 6.07) is 2.81. The number of anilines is 2. The Morgan fingerprint density at radius 2 is 2.05 bits per heavy atom. The van der Waals surface area contributed by atoms with E-state index in [1.54, 1.807) is 0 Å². The van der Waals surface area contributed by atoms with E-state index in [1.807, 2.05) is 13.0 Å². The van der Waals surface area contributed by atoms with Crippen LogP contribution in [0, 0.1) is 6.92 Å². The first kappa shape index (κ1) is 14.1. The minimum atomic E-state index is 0.722. The molecule has 0 amide bonds. The molecule has 2 N–H and O–H groups in total. The monoisotopic (exact) mass is 263 g/mol. The third-order valence-electron chi connectivity index (χ3n) is 3.33. The molecule has 19 heavy (non-hydrogen) atoms. The Hall–Kier alpha value is -1.36. The zero-order valence-corrected chi connectivity index (χ0v) is 12.2. The molecule has 1 aliphatic carbocycles. The Morgan fingerprint density at radius 3 is 2.74 bits per heavy atom. The minimum absolute atomic E-state index is 0.722. The van der Waals surface area contributed by atoms with Crippen LogP contribution in [0.1, 0.15) is 31.9 Å². The van der Waals surface area contributed by atoms with Gasteiger partial charge in [0.1, 0.15) is 5.82 Å². The number of nitrogens with zero attached hydrogens (tertiary/aromatic N) is 3. The van der Waals surface area contributed by atoms with Crippen molar-refractivity contribution in [1.29, 1.82) is 0 Å². The summed E-state index contributed by atoms with van der Waals surface area (Å²) < 4.78 is 0. The molecule has 1 aliphatic rings. The van der Waals surface area contributed by atoms with E-state index < -0.39 is 0 Å². The highest BCUT2D eigenvalue weighted by molar-refractivity contribution is 5.42. The van der Waals surface area contributed by atoms with Crippen LogP contribution in [0.2, 0.25) is 0 Å². The molecular formula is C14H25N5. The summed E-state index contributed by atoms with van der Waals surface area (Å²) >= 11 is 0. The Bertz CT molecular complexity index is 403. The van der Waals surface area contributed by atoms with Gasteiger partial charge in [0.05, 0.1) is 0 Å². The third kappa shape index (κ3) is 4.67. The van der Waals surface area contributed by atoms with Crippen molar-refractivity contribution in [2.24, 2.45) is 0 Å². The Morgan fingerprint density at radius 1 is 1.26 bits per heavy atom. The molecule has 2 rings (SSSR count). The highest BCUT2D eigenvalue weighted by Crippen LogP contribution is 2.24. The Labute approximate surface area is 115 Å². The molecule has 5 heteroatoms. The summed E-state index contributed by atoms with van der Waals surface area (Å²) in [5.41, 5.74) is 0.992. The molecule has 1 aromatic heterocycles. The zero-order valence-electron chi connectivity index (χ0n) is 12.2. The van der Waals surface area contributed by atoms with E-state index in [0.717, 1.165) is 49.6 Å². The highest BCUT2D eigenvalue weighted by Gasteiger charge is 2.25. The number of aromatic nitrogens is 2. The van der Waals surface area contributed by atoms with Crippen LogP contribution < -0.4 is 10.6 Å². The molecular weight excluding hydrogens is 238 g/mol. The maximum atomic E-state index is 4.48. The Balaban J connectivity index is 1.82. The average Bonchev–Trinajstić information content (AvgIpc) is 3.20. The fraction of sp³-hybridized carbons (Fsp3) is 0.714. The lowest BCUT2D eigenvalue weighted by Gasteiger charge is -2.16. The number of aryl methyl sites for hydroxylation is 1. The van der Waals surface area contributed by atoms with E-state index in [4.69, 9.17) is 0 Å². The predicted molar refractivity (Wildman–Crippen MR) is 79.7 cm³/mol. The van der Waals surface area contributed by atoms with Gasteiger partial charge in [0.15, 0.2) is 0 Å². The molecule has 0 aliphatic heterocycles. The standard InChI is InChI=1S/C14H25N5/c1-4-7-16-14-17-11(2)10-13(18-14)15-8-9-19(3)12-5-6-12/h10,12H,4-9H2,1-3H3,(H2,15,16,17,18). The predicted octanol–water partition coefficient (Wildman–Crippen LogP) is 2.11. The number of hydrogen-bond donors (Lipinski definition) is 2. The van der Waals surface area contributed by atoms with Crippen LogP contribution in [0.3, 0.4) is 0 Å². The molecule has 106 valence electrons. The van der Waals surface area contributed by atoms with Crippen molar-refractivity contribution in [3.05, 3.63) is 11.8 Å². The van der Waals surface area contributed by atoms with Crippen molar-refractivity contribution < 1.29 is 0 Å². The highest BCUT2D eigenvalue weighted by atomic mass is 15.2. The van der Waals surface area contributed by atoms with E-state index in [1.165, 1.54) is 12.8 Å². The summed E-state index contributed by atoms with van der Waals surface area (Å²) in [6.07, 6.45) is 3.79. The molecule has 0 atom stereocenters. The molecule has 0 bridgehead atoms. The van der Waals surface area contributed by atoms with E-state index in [-0.39, 0.29) is 0 Å². The second kappa shape index (κ2) is 6.70.